The van der Waals surface area contributed by atoms with Crippen molar-refractivity contribution in [2.75, 3.05) is 33.0 Å². The third-order valence-electron chi connectivity index (χ3n) is 23.5. The van der Waals surface area contributed by atoms with E-state index in [4.69, 9.17) is 32.9 Å². The van der Waals surface area contributed by atoms with Crippen molar-refractivity contribution in [2.45, 2.75) is 534 Å². The van der Waals surface area contributed by atoms with Gasteiger partial charge in [0.1, 0.15) is 36.6 Å². The highest BCUT2D eigenvalue weighted by Gasteiger charge is 2.53. The average molecular weight is 1690 g/mol. The summed E-state index contributed by atoms with van der Waals surface area (Å²) in [6, 6.07) is -1.73. The van der Waals surface area contributed by atoms with Gasteiger partial charge in [-0.2, -0.15) is 0 Å². The van der Waals surface area contributed by atoms with E-state index in [1.807, 2.05) is 0 Å². The van der Waals surface area contributed by atoms with Crippen LogP contribution in [0.5, 0.6) is 0 Å². The molecule has 21 nitrogen and oxygen atoms in total. The number of amides is 2. The minimum atomic E-state index is -5.56. The second-order valence-corrected chi connectivity index (χ2v) is 36.1. The molecule has 0 bridgehead atoms. The second-order valence-electron chi connectivity index (χ2n) is 34.9. The minimum Gasteiger partial charge on any atom is -0.462 e. The van der Waals surface area contributed by atoms with E-state index in [9.17, 15) is 53.6 Å². The molecule has 0 aromatic carbocycles. The number of carbonyl (C=O) groups is 6. The molecule has 1 aliphatic heterocycles. The van der Waals surface area contributed by atoms with E-state index in [-0.39, 0.29) is 38.2 Å². The number of esters is 4. The predicted octanol–water partition coefficient (Wildman–Crippen LogP) is 23.5. The molecule has 7 N–H and O–H groups in total. The maximum atomic E-state index is 15.0. The molecule has 1 fully saturated rings. The molecule has 0 aromatic heterocycles. The number of hydrogen-bond acceptors (Lipinski definition) is 17. The van der Waals surface area contributed by atoms with Crippen molar-refractivity contribution in [1.82, 2.24) is 10.6 Å². The minimum absolute atomic E-state index is 0.139. The zero-order valence-electron chi connectivity index (χ0n) is 75.8. The molecule has 0 aromatic rings. The van der Waals surface area contributed by atoms with E-state index in [1.165, 1.54) is 173 Å². The predicted molar refractivity (Wildman–Crippen MR) is 472 cm³/mol. The number of nitrogens with one attached hydrogen (secondary N) is 2. The first-order chi connectivity index (χ1) is 56.9. The maximum Gasteiger partial charge on any atom is 0.470 e. The van der Waals surface area contributed by atoms with Crippen molar-refractivity contribution in [3.8, 4) is 0 Å². The highest BCUT2D eigenvalue weighted by molar-refractivity contribution is 7.46. The van der Waals surface area contributed by atoms with Gasteiger partial charge in [-0.25, -0.2) is 4.57 Å². The first kappa shape index (κ1) is 112. The van der Waals surface area contributed by atoms with Gasteiger partial charge in [0, 0.05) is 25.8 Å². The monoisotopic (exact) mass is 1690 g/mol. The summed E-state index contributed by atoms with van der Waals surface area (Å²) in [6.07, 6.45) is 55.4. The molecule has 0 radical (unpaired) electrons. The van der Waals surface area contributed by atoms with Crippen LogP contribution in [0.2, 0.25) is 0 Å². The van der Waals surface area contributed by atoms with Gasteiger partial charge < -0.3 is 64.2 Å². The van der Waals surface area contributed by atoms with Crippen molar-refractivity contribution < 1.29 is 91.4 Å². The van der Waals surface area contributed by atoms with Gasteiger partial charge in [0.05, 0.1) is 51.1 Å². The Hall–Kier alpha value is -3.27. The van der Waals surface area contributed by atoms with Crippen LogP contribution < -0.4 is 10.6 Å². The fraction of sp³-hybridized carbons (Fsp3) is 0.937. The largest absolute Gasteiger partial charge is 0.470 e. The number of phosphoric acid groups is 1. The van der Waals surface area contributed by atoms with Crippen LogP contribution in [-0.2, 0) is 66.3 Å². The first-order valence-corrected chi connectivity index (χ1v) is 50.6. The smallest absolute Gasteiger partial charge is 0.462 e. The van der Waals surface area contributed by atoms with Gasteiger partial charge in [0.2, 0.25) is 11.8 Å². The van der Waals surface area contributed by atoms with E-state index in [1.54, 1.807) is 0 Å². The van der Waals surface area contributed by atoms with Gasteiger partial charge in [-0.3, -0.25) is 33.3 Å². The summed E-state index contributed by atoms with van der Waals surface area (Å²) >= 11 is 0. The molecular weight excluding hydrogens is 1500 g/mol. The lowest BCUT2D eigenvalue weighted by Crippen LogP contribution is -2.67. The zero-order valence-corrected chi connectivity index (χ0v) is 76.7. The zero-order chi connectivity index (χ0) is 85.8. The van der Waals surface area contributed by atoms with Crippen molar-refractivity contribution in [2.24, 2.45) is 5.41 Å². The van der Waals surface area contributed by atoms with E-state index in [0.29, 0.717) is 51.4 Å². The Morgan fingerprint density at radius 3 is 0.915 bits per heavy atom. The molecule has 1 heterocycles. The molecule has 0 aliphatic carbocycles. The fourth-order valence-electron chi connectivity index (χ4n) is 15.9. The van der Waals surface area contributed by atoms with Crippen molar-refractivity contribution in [3.63, 3.8) is 0 Å². The summed E-state index contributed by atoms with van der Waals surface area (Å²) in [4.78, 5) is 106. The molecule has 1 rings (SSSR count). The molecular formula is C95H181N2O19P. The number of ether oxygens (including phenoxy) is 6. The normalized spacial score (nSPS) is 16.6. The first-order valence-electron chi connectivity index (χ1n) is 49.0. The fourth-order valence-corrected chi connectivity index (χ4v) is 16.5. The van der Waals surface area contributed by atoms with Crippen LogP contribution in [0.4, 0.5) is 0 Å². The lowest BCUT2D eigenvalue weighted by Gasteiger charge is -2.46. The molecule has 8 atom stereocenters. The Labute approximate surface area is 713 Å². The Bertz CT molecular complexity index is 2380. The van der Waals surface area contributed by atoms with Gasteiger partial charge in [-0.1, -0.05) is 388 Å². The van der Waals surface area contributed by atoms with E-state index < -0.39 is 131 Å². The Kier molecular flexibility index (Phi) is 75.2. The number of aliphatic hydroxyl groups is 3. The molecule has 117 heavy (non-hydrogen) atoms. The summed E-state index contributed by atoms with van der Waals surface area (Å²) in [5.74, 6) is -3.55. The molecule has 0 spiro atoms. The SMILES string of the molecule is CCCCCCCCCCCCCC(=O)O[C@H](CCCCCCCCCCC)CC(=O)NCC(CO)(CO)COC1OC(CO)[C@@H](OP(=O)(O)O)[C@H](OC(=O)C[C@@H](CCCCCCCCCCC)OC(=O)CCCCCCCCCCCCC)[C@@H]1NC(=O)C[C@@H](CCCCCCCCCCC)OC(=O)CCCCCCCCCCCCC. The van der Waals surface area contributed by atoms with Gasteiger partial charge in [-0.05, 0) is 57.8 Å². The van der Waals surface area contributed by atoms with Gasteiger partial charge >= 0.3 is 31.7 Å². The standard InChI is InChI=1S/C95H181N2O19P/c1-7-13-19-25-31-37-40-46-52-58-64-70-87(103)111-81(67-61-55-49-43-34-28-22-16-10-4)73-85(101)96-77-95(78-99,79-100)80-110-94-91(97-86(102)74-82(68-62-56-50-44-35-29-23-17-11-5)112-88(104)71-65-59-53-47-41-38-32-26-20-14-8-2)93(92(84(76-98)114-94)116-117(107,108)109)115-90(106)75-83(69-63-57-51-45-36-30-24-18-12-6)113-89(105)72-66-60-54-48-42-39-33-27-21-15-9-3/h81-84,91-94,98-100H,7-80H2,1-6H3,(H,96,101)(H,97,102)(H2,107,108,109)/t81-,82-,83-,84?,91+,92-,93-,94?/m1/s1. The number of hydrogen-bond donors (Lipinski definition) is 7. The van der Waals surface area contributed by atoms with E-state index in [2.05, 4.69) is 52.2 Å². The summed E-state index contributed by atoms with van der Waals surface area (Å²) < 4.78 is 56.0. The molecule has 2 amide bonds. The maximum absolute atomic E-state index is 15.0. The van der Waals surface area contributed by atoms with Crippen LogP contribution in [0.15, 0.2) is 0 Å². The van der Waals surface area contributed by atoms with Crippen LogP contribution in [0.25, 0.3) is 0 Å². The summed E-state index contributed by atoms with van der Waals surface area (Å²) in [5.41, 5.74) is -1.69. The third-order valence-corrected chi connectivity index (χ3v) is 24.0. The number of rotatable bonds is 87. The lowest BCUT2D eigenvalue weighted by molar-refractivity contribution is -0.278. The van der Waals surface area contributed by atoms with Crippen LogP contribution in [0.1, 0.15) is 485 Å². The molecule has 1 saturated heterocycles. The Morgan fingerprint density at radius 2 is 0.632 bits per heavy atom. The van der Waals surface area contributed by atoms with Crippen molar-refractivity contribution in [1.29, 1.82) is 0 Å². The van der Waals surface area contributed by atoms with Crippen LogP contribution in [0.3, 0.4) is 0 Å². The van der Waals surface area contributed by atoms with Crippen molar-refractivity contribution in [3.05, 3.63) is 0 Å². The topological polar surface area (TPSA) is 309 Å². The second kappa shape index (κ2) is 78.7. The average Bonchev–Trinajstić information content (AvgIpc) is 0.777. The summed E-state index contributed by atoms with van der Waals surface area (Å²) in [5, 5.41) is 39.3. The molecule has 2 unspecified atom stereocenters. The molecule has 690 valence electrons. The van der Waals surface area contributed by atoms with E-state index >= 15 is 4.79 Å². The van der Waals surface area contributed by atoms with Crippen molar-refractivity contribution >= 4 is 43.5 Å². The number of carbonyl (C=O) groups excluding carboxylic acids is 6. The van der Waals surface area contributed by atoms with Gasteiger partial charge in [0.25, 0.3) is 0 Å². The number of phosphoric ester groups is 1. The molecule has 1 aliphatic rings. The molecule has 22 heteroatoms. The van der Waals surface area contributed by atoms with Crippen LogP contribution in [0, 0.1) is 5.41 Å². The highest BCUT2D eigenvalue weighted by Crippen LogP contribution is 2.43. The number of aliphatic hydroxyl groups excluding tert-OH is 3. The molecule has 0 saturated carbocycles. The van der Waals surface area contributed by atoms with Gasteiger partial charge in [-0.15, -0.1) is 0 Å². The summed E-state index contributed by atoms with van der Waals surface area (Å²) in [6.45, 7) is 9.69. The third kappa shape index (κ3) is 65.1. The van der Waals surface area contributed by atoms with Crippen LogP contribution >= 0.6 is 7.82 Å². The summed E-state index contributed by atoms with van der Waals surface area (Å²) in [7, 11) is -5.56. The van der Waals surface area contributed by atoms with Crippen LogP contribution in [-0.4, -0.2) is 143 Å². The van der Waals surface area contributed by atoms with Gasteiger partial charge in [0.15, 0.2) is 12.4 Å². The van der Waals surface area contributed by atoms with E-state index in [0.717, 1.165) is 180 Å². The lowest BCUT2D eigenvalue weighted by atomic mass is 9.90. The Balaban J connectivity index is 3.84. The number of unbranched alkanes of at least 4 members (excludes halogenated alkanes) is 54. The Morgan fingerprint density at radius 1 is 0.359 bits per heavy atom. The quantitative estimate of drug-likeness (QED) is 0.0129. The highest BCUT2D eigenvalue weighted by atomic mass is 31.2.